The fraction of sp³-hybridized carbons (Fsp3) is 0.500. The van der Waals surface area contributed by atoms with Gasteiger partial charge in [0.05, 0.1) is 20.3 Å². The standard InChI is InChI=1S/C12H19NO3/c1-8-10(15-3)5-6-11(16-4)12(8)9(14)7-13-2/h5-6,9,13-14H,7H2,1-4H3. The average molecular weight is 225 g/mol. The van der Waals surface area contributed by atoms with E-state index in [9.17, 15) is 5.11 Å². The number of hydrogen-bond acceptors (Lipinski definition) is 4. The summed E-state index contributed by atoms with van der Waals surface area (Å²) in [5.41, 5.74) is 1.68. The molecule has 1 aromatic carbocycles. The Bertz CT molecular complexity index is 352. The van der Waals surface area contributed by atoms with Crippen LogP contribution in [0.15, 0.2) is 12.1 Å². The Morgan fingerprint density at radius 2 is 1.81 bits per heavy atom. The van der Waals surface area contributed by atoms with Crippen LogP contribution < -0.4 is 14.8 Å². The van der Waals surface area contributed by atoms with Crippen LogP contribution >= 0.6 is 0 Å². The van der Waals surface area contributed by atoms with E-state index in [1.54, 1.807) is 27.3 Å². The van der Waals surface area contributed by atoms with E-state index in [0.29, 0.717) is 12.3 Å². The third-order valence-corrected chi connectivity index (χ3v) is 2.60. The van der Waals surface area contributed by atoms with E-state index in [4.69, 9.17) is 9.47 Å². The molecule has 0 amide bonds. The van der Waals surface area contributed by atoms with Crippen LogP contribution in [0.5, 0.6) is 11.5 Å². The number of benzene rings is 1. The molecule has 1 rings (SSSR count). The number of rotatable bonds is 5. The molecule has 1 unspecified atom stereocenters. The molecule has 0 aliphatic carbocycles. The second kappa shape index (κ2) is 5.72. The van der Waals surface area contributed by atoms with Crippen molar-refractivity contribution in [1.82, 2.24) is 5.32 Å². The van der Waals surface area contributed by atoms with Gasteiger partial charge >= 0.3 is 0 Å². The monoisotopic (exact) mass is 225 g/mol. The highest BCUT2D eigenvalue weighted by Gasteiger charge is 2.18. The molecule has 0 aliphatic rings. The summed E-state index contributed by atoms with van der Waals surface area (Å²) in [5, 5.41) is 13.0. The lowest BCUT2D eigenvalue weighted by atomic mass is 10.0. The van der Waals surface area contributed by atoms with Gasteiger partial charge < -0.3 is 19.9 Å². The third kappa shape index (κ3) is 2.46. The van der Waals surface area contributed by atoms with Gasteiger partial charge in [0.1, 0.15) is 11.5 Å². The predicted octanol–water partition coefficient (Wildman–Crippen LogP) is 1.27. The molecule has 16 heavy (non-hydrogen) atoms. The third-order valence-electron chi connectivity index (χ3n) is 2.60. The molecular weight excluding hydrogens is 206 g/mol. The van der Waals surface area contributed by atoms with E-state index in [1.165, 1.54) is 0 Å². The first-order valence-electron chi connectivity index (χ1n) is 5.19. The zero-order valence-corrected chi connectivity index (χ0v) is 10.2. The SMILES string of the molecule is CNCC(O)c1c(OC)ccc(OC)c1C. The first-order valence-corrected chi connectivity index (χ1v) is 5.19. The molecule has 2 N–H and O–H groups in total. The van der Waals surface area contributed by atoms with Gasteiger partial charge in [-0.1, -0.05) is 0 Å². The molecular formula is C12H19NO3. The number of ether oxygens (including phenoxy) is 2. The molecule has 0 aromatic heterocycles. The molecule has 1 aromatic rings. The van der Waals surface area contributed by atoms with Crippen LogP contribution in [-0.4, -0.2) is 32.9 Å². The molecule has 0 saturated heterocycles. The fourth-order valence-electron chi connectivity index (χ4n) is 1.79. The zero-order chi connectivity index (χ0) is 12.1. The lowest BCUT2D eigenvalue weighted by Crippen LogP contribution is -2.18. The van der Waals surface area contributed by atoms with Crippen molar-refractivity contribution in [2.75, 3.05) is 27.8 Å². The minimum Gasteiger partial charge on any atom is -0.496 e. The number of nitrogens with one attached hydrogen (secondary N) is 1. The largest absolute Gasteiger partial charge is 0.496 e. The van der Waals surface area contributed by atoms with E-state index in [2.05, 4.69) is 5.32 Å². The van der Waals surface area contributed by atoms with Gasteiger partial charge in [-0.15, -0.1) is 0 Å². The summed E-state index contributed by atoms with van der Waals surface area (Å²) in [4.78, 5) is 0. The summed E-state index contributed by atoms with van der Waals surface area (Å²) in [6.45, 7) is 2.39. The quantitative estimate of drug-likeness (QED) is 0.792. The van der Waals surface area contributed by atoms with Gasteiger partial charge in [-0.3, -0.25) is 0 Å². The van der Waals surface area contributed by atoms with Crippen LogP contribution in [0.4, 0.5) is 0 Å². The topological polar surface area (TPSA) is 50.7 Å². The van der Waals surface area contributed by atoms with Crippen molar-refractivity contribution in [2.24, 2.45) is 0 Å². The molecule has 0 spiro atoms. The molecule has 4 nitrogen and oxygen atoms in total. The minimum absolute atomic E-state index is 0.477. The Morgan fingerprint density at radius 1 is 1.25 bits per heavy atom. The van der Waals surface area contributed by atoms with Crippen molar-refractivity contribution < 1.29 is 14.6 Å². The van der Waals surface area contributed by atoms with E-state index in [-0.39, 0.29) is 0 Å². The first kappa shape index (κ1) is 12.8. The van der Waals surface area contributed by atoms with E-state index < -0.39 is 6.10 Å². The maximum atomic E-state index is 10.0. The number of aliphatic hydroxyl groups excluding tert-OH is 1. The van der Waals surface area contributed by atoms with Gasteiger partial charge in [-0.05, 0) is 26.1 Å². The second-order valence-electron chi connectivity index (χ2n) is 3.58. The van der Waals surface area contributed by atoms with Crippen LogP contribution in [0.2, 0.25) is 0 Å². The van der Waals surface area contributed by atoms with Gasteiger partial charge in [0.15, 0.2) is 0 Å². The lowest BCUT2D eigenvalue weighted by molar-refractivity contribution is 0.172. The van der Waals surface area contributed by atoms with Crippen molar-refractivity contribution in [3.63, 3.8) is 0 Å². The number of methoxy groups -OCH3 is 2. The van der Waals surface area contributed by atoms with Crippen LogP contribution in [0.1, 0.15) is 17.2 Å². The highest BCUT2D eigenvalue weighted by Crippen LogP contribution is 2.33. The van der Waals surface area contributed by atoms with Crippen molar-refractivity contribution >= 4 is 0 Å². The smallest absolute Gasteiger partial charge is 0.125 e. The van der Waals surface area contributed by atoms with Crippen LogP contribution in [0.3, 0.4) is 0 Å². The van der Waals surface area contributed by atoms with Crippen molar-refractivity contribution in [2.45, 2.75) is 13.0 Å². The van der Waals surface area contributed by atoms with Gasteiger partial charge in [0.25, 0.3) is 0 Å². The minimum atomic E-state index is -0.602. The summed E-state index contributed by atoms with van der Waals surface area (Å²) in [5.74, 6) is 1.44. The van der Waals surface area contributed by atoms with Crippen LogP contribution in [0, 0.1) is 6.92 Å². The molecule has 0 heterocycles. The molecule has 0 aliphatic heterocycles. The lowest BCUT2D eigenvalue weighted by Gasteiger charge is -2.19. The van der Waals surface area contributed by atoms with Crippen LogP contribution in [-0.2, 0) is 0 Å². The molecule has 4 heteroatoms. The second-order valence-corrected chi connectivity index (χ2v) is 3.58. The normalized spacial score (nSPS) is 12.3. The molecule has 90 valence electrons. The Balaban J connectivity index is 3.20. The fourth-order valence-corrected chi connectivity index (χ4v) is 1.79. The molecule has 1 atom stereocenters. The number of likely N-dealkylation sites (N-methyl/N-ethyl adjacent to an activating group) is 1. The Kier molecular flexibility index (Phi) is 4.58. The van der Waals surface area contributed by atoms with E-state index in [1.807, 2.05) is 13.0 Å². The Labute approximate surface area is 96.2 Å². The summed E-state index contributed by atoms with van der Waals surface area (Å²) < 4.78 is 10.5. The highest BCUT2D eigenvalue weighted by molar-refractivity contribution is 5.49. The van der Waals surface area contributed by atoms with Crippen molar-refractivity contribution in [3.05, 3.63) is 23.3 Å². The average Bonchev–Trinajstić information content (AvgIpc) is 2.28. The van der Waals surface area contributed by atoms with Crippen molar-refractivity contribution in [3.8, 4) is 11.5 Å². The van der Waals surface area contributed by atoms with E-state index >= 15 is 0 Å². The molecule has 0 radical (unpaired) electrons. The van der Waals surface area contributed by atoms with Crippen LogP contribution in [0.25, 0.3) is 0 Å². The predicted molar refractivity (Wildman–Crippen MR) is 63.2 cm³/mol. The van der Waals surface area contributed by atoms with Gasteiger partial charge in [0.2, 0.25) is 0 Å². The zero-order valence-electron chi connectivity index (χ0n) is 10.2. The first-order chi connectivity index (χ1) is 7.65. The maximum Gasteiger partial charge on any atom is 0.125 e. The summed E-state index contributed by atoms with van der Waals surface area (Å²) in [6.07, 6.45) is -0.602. The number of hydrogen-bond donors (Lipinski definition) is 2. The summed E-state index contributed by atoms with van der Waals surface area (Å²) >= 11 is 0. The maximum absolute atomic E-state index is 10.0. The Morgan fingerprint density at radius 3 is 2.31 bits per heavy atom. The Hall–Kier alpha value is -1.26. The molecule has 0 fully saturated rings. The van der Waals surface area contributed by atoms with Gasteiger partial charge in [-0.2, -0.15) is 0 Å². The number of aliphatic hydroxyl groups is 1. The van der Waals surface area contributed by atoms with Gasteiger partial charge in [0, 0.05) is 17.7 Å². The van der Waals surface area contributed by atoms with Gasteiger partial charge in [-0.25, -0.2) is 0 Å². The highest BCUT2D eigenvalue weighted by atomic mass is 16.5. The van der Waals surface area contributed by atoms with Crippen molar-refractivity contribution in [1.29, 1.82) is 0 Å². The molecule has 0 bridgehead atoms. The molecule has 0 saturated carbocycles. The van der Waals surface area contributed by atoms with E-state index in [0.717, 1.165) is 16.9 Å². The summed E-state index contributed by atoms with van der Waals surface area (Å²) in [7, 11) is 5.01. The summed E-state index contributed by atoms with van der Waals surface area (Å²) in [6, 6.07) is 3.64.